The number of aromatic nitrogens is 1. The van der Waals surface area contributed by atoms with Gasteiger partial charge < -0.3 is 14.8 Å². The van der Waals surface area contributed by atoms with Gasteiger partial charge in [-0.25, -0.2) is 4.98 Å². The van der Waals surface area contributed by atoms with Crippen molar-refractivity contribution in [2.75, 3.05) is 12.1 Å². The molecule has 2 heterocycles. The van der Waals surface area contributed by atoms with Gasteiger partial charge in [-0.05, 0) is 30.3 Å². The van der Waals surface area contributed by atoms with Crippen molar-refractivity contribution in [2.45, 2.75) is 0 Å². The maximum atomic E-state index is 12.4. The van der Waals surface area contributed by atoms with Crippen LogP contribution in [0.5, 0.6) is 11.5 Å². The fourth-order valence-electron chi connectivity index (χ4n) is 2.47. The zero-order valence-corrected chi connectivity index (χ0v) is 15.0. The third-order valence-corrected chi connectivity index (χ3v) is 5.11. The lowest BCUT2D eigenvalue weighted by atomic mass is 10.2. The van der Waals surface area contributed by atoms with E-state index in [-0.39, 0.29) is 23.2 Å². The summed E-state index contributed by atoms with van der Waals surface area (Å²) in [6.07, 6.45) is 1.45. The van der Waals surface area contributed by atoms with Crippen LogP contribution in [-0.4, -0.2) is 22.6 Å². The first-order valence-electron chi connectivity index (χ1n) is 7.62. The summed E-state index contributed by atoms with van der Waals surface area (Å²) in [5.41, 5.74) is 0.791. The summed E-state index contributed by atoms with van der Waals surface area (Å²) in [4.78, 5) is 27.4. The Balaban J connectivity index is 1.54. The van der Waals surface area contributed by atoms with E-state index in [4.69, 9.17) is 21.1 Å². The Morgan fingerprint density at radius 1 is 1.22 bits per heavy atom. The fraction of sp³-hybridized carbons (Fsp3) is 0.0588. The number of hydrogen-bond donors (Lipinski definition) is 1. The van der Waals surface area contributed by atoms with Gasteiger partial charge in [0.15, 0.2) is 11.5 Å². The molecule has 0 bridgehead atoms. The minimum Gasteiger partial charge on any atom is -0.454 e. The minimum absolute atomic E-state index is 0.000818. The third-order valence-electron chi connectivity index (χ3n) is 3.75. The van der Waals surface area contributed by atoms with Gasteiger partial charge in [-0.3, -0.25) is 14.9 Å². The molecule has 1 N–H and O–H groups in total. The van der Waals surface area contributed by atoms with Crippen molar-refractivity contribution in [1.82, 2.24) is 4.98 Å². The van der Waals surface area contributed by atoms with Gasteiger partial charge in [0.05, 0.1) is 11.1 Å². The van der Waals surface area contributed by atoms with Crippen molar-refractivity contribution in [3.05, 3.63) is 62.6 Å². The molecule has 0 fully saturated rings. The monoisotopic (exact) mass is 403 g/mol. The van der Waals surface area contributed by atoms with E-state index in [1.54, 1.807) is 12.1 Å². The Morgan fingerprint density at radius 3 is 2.85 bits per heavy atom. The van der Waals surface area contributed by atoms with Crippen LogP contribution in [0.3, 0.4) is 0 Å². The second kappa shape index (κ2) is 6.86. The Labute approximate surface area is 161 Å². The topological polar surface area (TPSA) is 104 Å². The number of nitro groups is 1. The summed E-state index contributed by atoms with van der Waals surface area (Å²) in [6.45, 7) is 0.178. The molecule has 1 aliphatic heterocycles. The zero-order valence-electron chi connectivity index (χ0n) is 13.5. The summed E-state index contributed by atoms with van der Waals surface area (Å²) < 4.78 is 10.6. The molecule has 0 saturated carbocycles. The lowest BCUT2D eigenvalue weighted by Gasteiger charge is -2.04. The van der Waals surface area contributed by atoms with Crippen LogP contribution in [0, 0.1) is 10.1 Å². The van der Waals surface area contributed by atoms with Gasteiger partial charge in [0.25, 0.3) is 11.6 Å². The Kier molecular flexibility index (Phi) is 4.38. The zero-order chi connectivity index (χ0) is 19.0. The number of hydrogen-bond acceptors (Lipinski definition) is 7. The van der Waals surface area contributed by atoms with E-state index >= 15 is 0 Å². The molecule has 27 heavy (non-hydrogen) atoms. The van der Waals surface area contributed by atoms with Gasteiger partial charge >= 0.3 is 0 Å². The highest BCUT2D eigenvalue weighted by molar-refractivity contribution is 7.17. The Hall–Kier alpha value is -3.17. The lowest BCUT2D eigenvalue weighted by Crippen LogP contribution is -2.10. The van der Waals surface area contributed by atoms with Crippen LogP contribution < -0.4 is 14.8 Å². The average Bonchev–Trinajstić information content (AvgIpc) is 3.31. The number of ether oxygens (including phenoxy) is 2. The maximum absolute atomic E-state index is 12.4. The normalized spacial score (nSPS) is 12.0. The van der Waals surface area contributed by atoms with Crippen molar-refractivity contribution in [3.8, 4) is 22.1 Å². The number of halogens is 1. The molecule has 0 saturated heterocycles. The van der Waals surface area contributed by atoms with Crippen LogP contribution in [0.1, 0.15) is 9.67 Å². The van der Waals surface area contributed by atoms with Crippen LogP contribution in [-0.2, 0) is 0 Å². The predicted octanol–water partition coefficient (Wildman–Crippen LogP) is 4.35. The van der Waals surface area contributed by atoms with Crippen molar-refractivity contribution >= 4 is 40.2 Å². The average molecular weight is 404 g/mol. The number of nitrogens with zero attached hydrogens (tertiary/aromatic N) is 2. The standard InChI is InChI=1S/C17H10ClN3O5S/c18-11-3-2-10(6-12(11)21(23)24)20-16(22)15-7-19-17(27-15)9-1-4-13-14(5-9)26-8-25-13/h1-7H,8H2,(H,20,22). The van der Waals surface area contributed by atoms with Gasteiger partial charge in [0.1, 0.15) is 14.9 Å². The summed E-state index contributed by atoms with van der Waals surface area (Å²) in [5.74, 6) is 0.871. The molecule has 4 rings (SSSR count). The molecule has 2 aromatic carbocycles. The van der Waals surface area contributed by atoms with Gasteiger partial charge in [-0.1, -0.05) is 11.6 Å². The molecule has 0 spiro atoms. The molecule has 0 aliphatic carbocycles. The highest BCUT2D eigenvalue weighted by Crippen LogP contribution is 2.37. The van der Waals surface area contributed by atoms with Crippen molar-refractivity contribution in [2.24, 2.45) is 0 Å². The largest absolute Gasteiger partial charge is 0.454 e. The van der Waals surface area contributed by atoms with E-state index in [1.165, 1.54) is 35.7 Å². The summed E-state index contributed by atoms with van der Waals surface area (Å²) in [5, 5.41) is 14.2. The number of benzene rings is 2. The minimum atomic E-state index is -0.609. The number of amides is 1. The fourth-order valence-corrected chi connectivity index (χ4v) is 3.46. The second-order valence-electron chi connectivity index (χ2n) is 5.48. The van der Waals surface area contributed by atoms with Crippen LogP contribution >= 0.6 is 22.9 Å². The van der Waals surface area contributed by atoms with E-state index in [1.807, 2.05) is 6.07 Å². The molecule has 136 valence electrons. The second-order valence-corrected chi connectivity index (χ2v) is 6.91. The third kappa shape index (κ3) is 3.42. The number of anilines is 1. The van der Waals surface area contributed by atoms with Crippen LogP contribution in [0.4, 0.5) is 11.4 Å². The molecule has 8 nitrogen and oxygen atoms in total. The van der Waals surface area contributed by atoms with E-state index in [0.29, 0.717) is 21.4 Å². The SMILES string of the molecule is O=C(Nc1ccc(Cl)c([N+](=O)[O-])c1)c1cnc(-c2ccc3c(c2)OCO3)s1. The van der Waals surface area contributed by atoms with E-state index in [2.05, 4.69) is 10.3 Å². The number of carbonyl (C=O) groups excluding carboxylic acids is 1. The molecule has 0 unspecified atom stereocenters. The summed E-state index contributed by atoms with van der Waals surface area (Å²) in [7, 11) is 0. The molecule has 1 amide bonds. The van der Waals surface area contributed by atoms with Crippen LogP contribution in [0.2, 0.25) is 5.02 Å². The van der Waals surface area contributed by atoms with Crippen molar-refractivity contribution < 1.29 is 19.2 Å². The number of nitro benzene ring substituents is 1. The smallest absolute Gasteiger partial charge is 0.289 e. The molecule has 3 aromatic rings. The number of thiazole rings is 1. The van der Waals surface area contributed by atoms with Crippen LogP contribution in [0.15, 0.2) is 42.6 Å². The highest BCUT2D eigenvalue weighted by atomic mass is 35.5. The number of nitrogens with one attached hydrogen (secondary N) is 1. The molecule has 1 aliphatic rings. The predicted molar refractivity (Wildman–Crippen MR) is 99.7 cm³/mol. The number of carbonyl (C=O) groups is 1. The molecule has 0 atom stereocenters. The molecular weight excluding hydrogens is 394 g/mol. The van der Waals surface area contributed by atoms with Gasteiger partial charge in [0, 0.05) is 17.3 Å². The molecular formula is C17H10ClN3O5S. The van der Waals surface area contributed by atoms with Crippen LogP contribution in [0.25, 0.3) is 10.6 Å². The lowest BCUT2D eigenvalue weighted by molar-refractivity contribution is -0.384. The van der Waals surface area contributed by atoms with Crippen molar-refractivity contribution in [3.63, 3.8) is 0 Å². The molecule has 10 heteroatoms. The quantitative estimate of drug-likeness (QED) is 0.513. The maximum Gasteiger partial charge on any atom is 0.289 e. The molecule has 0 radical (unpaired) electrons. The van der Waals surface area contributed by atoms with Gasteiger partial charge in [-0.15, -0.1) is 11.3 Å². The Bertz CT molecular complexity index is 1070. The van der Waals surface area contributed by atoms with Gasteiger partial charge in [-0.2, -0.15) is 0 Å². The first-order chi connectivity index (χ1) is 13.0. The summed E-state index contributed by atoms with van der Waals surface area (Å²) in [6, 6.07) is 9.47. The van der Waals surface area contributed by atoms with E-state index in [0.717, 1.165) is 5.56 Å². The first kappa shape index (κ1) is 17.3. The number of rotatable bonds is 4. The summed E-state index contributed by atoms with van der Waals surface area (Å²) >= 11 is 6.97. The first-order valence-corrected chi connectivity index (χ1v) is 8.82. The highest BCUT2D eigenvalue weighted by Gasteiger charge is 2.18. The Morgan fingerprint density at radius 2 is 2.04 bits per heavy atom. The van der Waals surface area contributed by atoms with Crippen molar-refractivity contribution in [1.29, 1.82) is 0 Å². The van der Waals surface area contributed by atoms with E-state index in [9.17, 15) is 14.9 Å². The van der Waals surface area contributed by atoms with Gasteiger partial charge in [0.2, 0.25) is 6.79 Å². The molecule has 1 aromatic heterocycles. The number of fused-ring (bicyclic) bond motifs is 1. The van der Waals surface area contributed by atoms with E-state index < -0.39 is 10.8 Å².